The van der Waals surface area contributed by atoms with Gasteiger partial charge in [-0.25, -0.2) is 29.4 Å². The van der Waals surface area contributed by atoms with Crippen molar-refractivity contribution in [1.29, 1.82) is 5.26 Å². The Morgan fingerprint density at radius 2 is 1.24 bits per heavy atom. The van der Waals surface area contributed by atoms with Gasteiger partial charge in [-0.3, -0.25) is 0 Å². The quantitative estimate of drug-likeness (QED) is 0.174. The molecule has 0 N–H and O–H groups in total. The Kier molecular flexibility index (Phi) is 11.2. The molecule has 0 saturated heterocycles. The highest BCUT2D eigenvalue weighted by Gasteiger charge is 2.31. The highest BCUT2D eigenvalue weighted by Crippen LogP contribution is 2.26. The van der Waals surface area contributed by atoms with Gasteiger partial charge in [0.1, 0.15) is 0 Å². The molecule has 0 fully saturated rings. The van der Waals surface area contributed by atoms with Crippen molar-refractivity contribution in [3.05, 3.63) is 0 Å². The second-order valence-electron chi connectivity index (χ2n) is 4.36. The summed E-state index contributed by atoms with van der Waals surface area (Å²) in [5.41, 5.74) is 0. The summed E-state index contributed by atoms with van der Waals surface area (Å²) in [4.78, 5) is 41.2. The summed E-state index contributed by atoms with van der Waals surface area (Å²) in [5.74, 6) is 0. The SMILES string of the molecule is N#COCC[Si](CCN=C=O)(CCN=C=O)CCN=C=O. The number of carbonyl (C=O) groups excluding carboxylic acids is 3. The maximum absolute atomic E-state index is 10.2. The number of nitriles is 1. The number of ether oxygens (including phenoxy) is 1. The molecule has 8 nitrogen and oxygen atoms in total. The van der Waals surface area contributed by atoms with Gasteiger partial charge in [0, 0.05) is 19.6 Å². The minimum atomic E-state index is -2.04. The first-order valence-corrected chi connectivity index (χ1v) is 9.19. The van der Waals surface area contributed by atoms with Crippen LogP contribution < -0.4 is 0 Å². The fraction of sp³-hybridized carbons (Fsp3) is 0.667. The first-order valence-electron chi connectivity index (χ1n) is 6.36. The summed E-state index contributed by atoms with van der Waals surface area (Å²) in [5, 5.41) is 8.44. The van der Waals surface area contributed by atoms with Crippen LogP contribution in [0.2, 0.25) is 24.2 Å². The molecule has 0 aromatic heterocycles. The highest BCUT2D eigenvalue weighted by atomic mass is 28.3. The van der Waals surface area contributed by atoms with E-state index in [9.17, 15) is 14.4 Å². The van der Waals surface area contributed by atoms with Crippen molar-refractivity contribution < 1.29 is 19.1 Å². The zero-order chi connectivity index (χ0) is 15.8. The van der Waals surface area contributed by atoms with E-state index < -0.39 is 8.07 Å². The fourth-order valence-electron chi connectivity index (χ4n) is 2.08. The van der Waals surface area contributed by atoms with Gasteiger partial charge in [-0.15, -0.1) is 0 Å². The predicted octanol–water partition coefficient (Wildman–Crippen LogP) is 0.940. The van der Waals surface area contributed by atoms with Crippen LogP contribution >= 0.6 is 0 Å². The van der Waals surface area contributed by atoms with Crippen LogP contribution in [0.5, 0.6) is 0 Å². The summed E-state index contributed by atoms with van der Waals surface area (Å²) in [6.45, 7) is 1.21. The first-order chi connectivity index (χ1) is 10.2. The lowest BCUT2D eigenvalue weighted by Gasteiger charge is -2.29. The summed E-state index contributed by atoms with van der Waals surface area (Å²) >= 11 is 0. The molecule has 0 aliphatic carbocycles. The van der Waals surface area contributed by atoms with Crippen molar-refractivity contribution in [2.24, 2.45) is 15.0 Å². The van der Waals surface area contributed by atoms with Crippen molar-refractivity contribution in [3.8, 4) is 6.26 Å². The number of aliphatic imine (C=N–C) groups is 3. The minimum Gasteiger partial charge on any atom is -0.428 e. The third-order valence-electron chi connectivity index (χ3n) is 3.25. The molecule has 9 heteroatoms. The van der Waals surface area contributed by atoms with E-state index in [0.717, 1.165) is 0 Å². The lowest BCUT2D eigenvalue weighted by molar-refractivity contribution is 0.289. The number of nitrogens with zero attached hydrogens (tertiary/aromatic N) is 4. The molecule has 21 heavy (non-hydrogen) atoms. The first kappa shape index (κ1) is 18.6. The molecule has 0 atom stereocenters. The zero-order valence-corrected chi connectivity index (χ0v) is 12.6. The van der Waals surface area contributed by atoms with E-state index in [0.29, 0.717) is 43.8 Å². The van der Waals surface area contributed by atoms with Gasteiger partial charge in [0.2, 0.25) is 18.2 Å². The molecular formula is C12H16N4O4Si. The van der Waals surface area contributed by atoms with Crippen molar-refractivity contribution in [3.63, 3.8) is 0 Å². The number of isocyanates is 3. The predicted molar refractivity (Wildman–Crippen MR) is 75.5 cm³/mol. The number of rotatable bonds is 12. The van der Waals surface area contributed by atoms with E-state index in [1.807, 2.05) is 0 Å². The molecule has 0 bridgehead atoms. The van der Waals surface area contributed by atoms with Gasteiger partial charge in [0.15, 0.2) is 0 Å². The molecule has 0 unspecified atom stereocenters. The molecule has 0 heterocycles. The van der Waals surface area contributed by atoms with Crippen molar-refractivity contribution >= 4 is 26.3 Å². The van der Waals surface area contributed by atoms with Crippen LogP contribution in [0.4, 0.5) is 0 Å². The lowest BCUT2D eigenvalue weighted by Crippen LogP contribution is -2.37. The van der Waals surface area contributed by atoms with Crippen LogP contribution in [-0.2, 0) is 19.1 Å². The van der Waals surface area contributed by atoms with E-state index in [2.05, 4.69) is 15.0 Å². The number of hydrogen-bond acceptors (Lipinski definition) is 8. The van der Waals surface area contributed by atoms with Gasteiger partial charge in [0.05, 0.1) is 14.7 Å². The average Bonchev–Trinajstić information content (AvgIpc) is 2.48. The Bertz CT molecular complexity index is 431. The van der Waals surface area contributed by atoms with Gasteiger partial charge in [-0.05, 0) is 24.2 Å². The zero-order valence-electron chi connectivity index (χ0n) is 11.6. The molecule has 0 rings (SSSR count). The topological polar surface area (TPSA) is 121 Å². The van der Waals surface area contributed by atoms with Crippen LogP contribution in [0, 0.1) is 11.5 Å². The molecule has 112 valence electrons. The van der Waals surface area contributed by atoms with E-state index in [-0.39, 0.29) is 6.61 Å². The second kappa shape index (κ2) is 12.7. The third kappa shape index (κ3) is 9.22. The van der Waals surface area contributed by atoms with Crippen LogP contribution in [0.15, 0.2) is 15.0 Å². The van der Waals surface area contributed by atoms with Crippen LogP contribution in [0.3, 0.4) is 0 Å². The fourth-order valence-corrected chi connectivity index (χ4v) is 5.87. The molecular weight excluding hydrogens is 292 g/mol. The Morgan fingerprint density at radius 1 is 0.810 bits per heavy atom. The molecule has 0 aromatic rings. The van der Waals surface area contributed by atoms with Crippen LogP contribution in [0.1, 0.15) is 0 Å². The van der Waals surface area contributed by atoms with Gasteiger partial charge < -0.3 is 4.74 Å². The van der Waals surface area contributed by atoms with Gasteiger partial charge in [-0.2, -0.15) is 5.26 Å². The van der Waals surface area contributed by atoms with Crippen LogP contribution in [0.25, 0.3) is 0 Å². The highest BCUT2D eigenvalue weighted by molar-refractivity contribution is 6.80. The van der Waals surface area contributed by atoms with Gasteiger partial charge in [0.25, 0.3) is 6.26 Å². The minimum absolute atomic E-state index is 0.253. The van der Waals surface area contributed by atoms with E-state index in [1.54, 1.807) is 6.26 Å². The van der Waals surface area contributed by atoms with E-state index in [1.165, 1.54) is 18.2 Å². The molecule has 0 saturated carbocycles. The molecule has 0 aliphatic heterocycles. The molecule has 0 aromatic carbocycles. The Balaban J connectivity index is 4.92. The monoisotopic (exact) mass is 308 g/mol. The maximum Gasteiger partial charge on any atom is 0.286 e. The second-order valence-corrected chi connectivity index (χ2v) is 9.36. The summed E-state index contributed by atoms with van der Waals surface area (Å²) in [6, 6.07) is 2.59. The summed E-state index contributed by atoms with van der Waals surface area (Å²) < 4.78 is 4.72. The molecule has 0 amide bonds. The normalized spacial score (nSPS) is 11.8. The number of hydrogen-bond donors (Lipinski definition) is 0. The Morgan fingerprint density at radius 3 is 1.57 bits per heavy atom. The standard InChI is InChI=1S/C12H16N4O4Si/c13-9-20-4-8-21(5-1-14-10-17,6-2-15-11-18)7-3-16-12-19/h1-8H2. The van der Waals surface area contributed by atoms with Crippen molar-refractivity contribution in [2.45, 2.75) is 24.2 Å². The van der Waals surface area contributed by atoms with Crippen LogP contribution in [-0.4, -0.2) is 52.6 Å². The summed E-state index contributed by atoms with van der Waals surface area (Å²) in [6.07, 6.45) is 6.06. The van der Waals surface area contributed by atoms with Gasteiger partial charge >= 0.3 is 0 Å². The smallest absolute Gasteiger partial charge is 0.286 e. The Labute approximate surface area is 123 Å². The summed E-state index contributed by atoms with van der Waals surface area (Å²) in [7, 11) is -2.04. The van der Waals surface area contributed by atoms with Gasteiger partial charge in [-0.1, -0.05) is 0 Å². The molecule has 0 radical (unpaired) electrons. The molecule has 0 aliphatic rings. The largest absolute Gasteiger partial charge is 0.428 e. The maximum atomic E-state index is 10.2. The lowest BCUT2D eigenvalue weighted by atomic mass is 10.7. The average molecular weight is 308 g/mol. The van der Waals surface area contributed by atoms with E-state index in [4.69, 9.17) is 10.00 Å². The van der Waals surface area contributed by atoms with E-state index >= 15 is 0 Å². The Hall–Kier alpha value is -2.35. The van der Waals surface area contributed by atoms with Crippen molar-refractivity contribution in [1.82, 2.24) is 0 Å². The van der Waals surface area contributed by atoms with Crippen molar-refractivity contribution in [2.75, 3.05) is 26.2 Å². The third-order valence-corrected chi connectivity index (χ3v) is 8.37. The molecule has 0 spiro atoms.